The number of primary amides is 1. The van der Waals surface area contributed by atoms with Gasteiger partial charge in [-0.05, 0) is 31.2 Å². The minimum Gasteiger partial charge on any atom is -0.378 e. The van der Waals surface area contributed by atoms with Crippen LogP contribution in [0.2, 0.25) is 0 Å². The van der Waals surface area contributed by atoms with E-state index in [1.54, 1.807) is 12.1 Å². The third-order valence-corrected chi connectivity index (χ3v) is 3.27. The molecule has 1 fully saturated rings. The molecule has 0 radical (unpaired) electrons. The van der Waals surface area contributed by atoms with Crippen LogP contribution >= 0.6 is 0 Å². The number of carbonyl (C=O) groups is 1. The molecule has 1 aliphatic rings. The van der Waals surface area contributed by atoms with Gasteiger partial charge in [0.2, 0.25) is 5.91 Å². The second-order valence-corrected chi connectivity index (χ2v) is 4.71. The fourth-order valence-electron chi connectivity index (χ4n) is 2.29. The van der Waals surface area contributed by atoms with E-state index in [9.17, 15) is 9.18 Å². The highest BCUT2D eigenvalue weighted by Crippen LogP contribution is 2.29. The number of hydrogen-bond donors (Lipinski definition) is 2. The molecule has 3 N–H and O–H groups in total. The topological polar surface area (TPSA) is 64.3 Å². The summed E-state index contributed by atoms with van der Waals surface area (Å²) in [6.07, 6.45) is 1.00. The molecule has 98 valence electrons. The fraction of sp³-hybridized carbons (Fsp3) is 0.462. The lowest BCUT2D eigenvalue weighted by atomic mass is 9.86. The maximum atomic E-state index is 12.8. The van der Waals surface area contributed by atoms with E-state index in [4.69, 9.17) is 10.5 Å². The van der Waals surface area contributed by atoms with Crippen molar-refractivity contribution in [2.24, 2.45) is 5.73 Å². The van der Waals surface area contributed by atoms with Gasteiger partial charge in [0.1, 0.15) is 11.4 Å². The van der Waals surface area contributed by atoms with Crippen molar-refractivity contribution >= 4 is 11.6 Å². The van der Waals surface area contributed by atoms with Gasteiger partial charge in [-0.1, -0.05) is 0 Å². The lowest BCUT2D eigenvalue weighted by molar-refractivity contribution is -0.127. The predicted molar refractivity (Wildman–Crippen MR) is 66.6 cm³/mol. The number of anilines is 1. The maximum absolute atomic E-state index is 12.8. The summed E-state index contributed by atoms with van der Waals surface area (Å²) in [5.41, 5.74) is 5.39. The van der Waals surface area contributed by atoms with Crippen molar-refractivity contribution in [2.75, 3.05) is 11.9 Å². The summed E-state index contributed by atoms with van der Waals surface area (Å²) in [7, 11) is 0. The SMILES string of the molecule is CC1CC(Nc2ccc(F)cc2)(C(N)=O)CCO1. The molecule has 0 bridgehead atoms. The largest absolute Gasteiger partial charge is 0.378 e. The van der Waals surface area contributed by atoms with Crippen molar-refractivity contribution in [1.29, 1.82) is 0 Å². The Balaban J connectivity index is 2.20. The molecule has 5 heteroatoms. The smallest absolute Gasteiger partial charge is 0.243 e. The predicted octanol–water partition coefficient (Wildman–Crippen LogP) is 1.66. The summed E-state index contributed by atoms with van der Waals surface area (Å²) in [5.74, 6) is -0.712. The Hall–Kier alpha value is -1.62. The quantitative estimate of drug-likeness (QED) is 0.860. The molecule has 2 unspecified atom stereocenters. The first kappa shape index (κ1) is 12.8. The van der Waals surface area contributed by atoms with Crippen molar-refractivity contribution < 1.29 is 13.9 Å². The standard InChI is InChI=1S/C13H17FN2O2/c1-9-8-13(12(15)17,6-7-18-9)16-11-4-2-10(14)3-5-11/h2-5,9,16H,6-8H2,1H3,(H2,15,17). The van der Waals surface area contributed by atoms with Crippen molar-refractivity contribution in [1.82, 2.24) is 0 Å². The molecule has 4 nitrogen and oxygen atoms in total. The number of carbonyl (C=O) groups excluding carboxylic acids is 1. The molecule has 0 aliphatic carbocycles. The Morgan fingerprint density at radius 3 is 2.72 bits per heavy atom. The summed E-state index contributed by atoms with van der Waals surface area (Å²) >= 11 is 0. The number of halogens is 1. The zero-order valence-corrected chi connectivity index (χ0v) is 10.3. The number of amides is 1. The van der Waals surface area contributed by atoms with Crippen LogP contribution in [0.5, 0.6) is 0 Å². The summed E-state index contributed by atoms with van der Waals surface area (Å²) in [4.78, 5) is 11.7. The Morgan fingerprint density at radius 1 is 1.50 bits per heavy atom. The van der Waals surface area contributed by atoms with Gasteiger partial charge in [0.05, 0.1) is 6.10 Å². The molecule has 1 heterocycles. The van der Waals surface area contributed by atoms with Crippen LogP contribution in [0.4, 0.5) is 10.1 Å². The minimum atomic E-state index is -0.810. The summed E-state index contributed by atoms with van der Waals surface area (Å²) in [5, 5.41) is 3.13. The number of benzene rings is 1. The molecule has 0 spiro atoms. The summed E-state index contributed by atoms with van der Waals surface area (Å²) in [6.45, 7) is 2.39. The lowest BCUT2D eigenvalue weighted by Gasteiger charge is -2.38. The Morgan fingerprint density at radius 2 is 2.17 bits per heavy atom. The molecular formula is C13H17FN2O2. The number of hydrogen-bond acceptors (Lipinski definition) is 3. The molecule has 1 amide bonds. The van der Waals surface area contributed by atoms with Gasteiger partial charge in [0, 0.05) is 25.1 Å². The first-order valence-electron chi connectivity index (χ1n) is 5.97. The van der Waals surface area contributed by atoms with Crippen LogP contribution in [0.1, 0.15) is 19.8 Å². The van der Waals surface area contributed by atoms with Gasteiger partial charge >= 0.3 is 0 Å². The van der Waals surface area contributed by atoms with E-state index < -0.39 is 11.4 Å². The lowest BCUT2D eigenvalue weighted by Crippen LogP contribution is -2.55. The van der Waals surface area contributed by atoms with Crippen molar-refractivity contribution in [2.45, 2.75) is 31.4 Å². The van der Waals surface area contributed by atoms with Crippen LogP contribution < -0.4 is 11.1 Å². The first-order valence-corrected chi connectivity index (χ1v) is 5.97. The highest BCUT2D eigenvalue weighted by molar-refractivity contribution is 5.88. The molecule has 18 heavy (non-hydrogen) atoms. The van der Waals surface area contributed by atoms with Crippen molar-refractivity contribution in [3.63, 3.8) is 0 Å². The van der Waals surface area contributed by atoms with E-state index in [2.05, 4.69) is 5.32 Å². The average Bonchev–Trinajstić information content (AvgIpc) is 2.32. The summed E-state index contributed by atoms with van der Waals surface area (Å²) in [6, 6.07) is 5.89. The average molecular weight is 252 g/mol. The van der Waals surface area contributed by atoms with Gasteiger partial charge in [0.25, 0.3) is 0 Å². The number of nitrogens with two attached hydrogens (primary N) is 1. The van der Waals surface area contributed by atoms with Crippen molar-refractivity contribution in [3.8, 4) is 0 Å². The normalized spacial score (nSPS) is 27.8. The van der Waals surface area contributed by atoms with Gasteiger partial charge in [-0.25, -0.2) is 4.39 Å². The van der Waals surface area contributed by atoms with E-state index in [1.807, 2.05) is 6.92 Å². The molecular weight excluding hydrogens is 235 g/mol. The highest BCUT2D eigenvalue weighted by atomic mass is 19.1. The molecule has 2 atom stereocenters. The van der Waals surface area contributed by atoms with Crippen LogP contribution in [0.15, 0.2) is 24.3 Å². The minimum absolute atomic E-state index is 0.0285. The van der Waals surface area contributed by atoms with E-state index in [0.29, 0.717) is 25.1 Å². The van der Waals surface area contributed by atoms with Gasteiger partial charge in [0.15, 0.2) is 0 Å². The first-order chi connectivity index (χ1) is 8.52. The van der Waals surface area contributed by atoms with Crippen LogP contribution in [-0.2, 0) is 9.53 Å². The van der Waals surface area contributed by atoms with Crippen LogP contribution in [0.25, 0.3) is 0 Å². The second kappa shape index (κ2) is 4.94. The van der Waals surface area contributed by atoms with E-state index >= 15 is 0 Å². The van der Waals surface area contributed by atoms with Crippen LogP contribution in [0.3, 0.4) is 0 Å². The Kier molecular flexibility index (Phi) is 3.52. The number of ether oxygens (including phenoxy) is 1. The zero-order chi connectivity index (χ0) is 13.2. The molecule has 1 aliphatic heterocycles. The maximum Gasteiger partial charge on any atom is 0.243 e. The number of nitrogens with one attached hydrogen (secondary N) is 1. The second-order valence-electron chi connectivity index (χ2n) is 4.71. The van der Waals surface area contributed by atoms with Crippen molar-refractivity contribution in [3.05, 3.63) is 30.1 Å². The van der Waals surface area contributed by atoms with Crippen LogP contribution in [-0.4, -0.2) is 24.2 Å². The Labute approximate surface area is 105 Å². The number of rotatable bonds is 3. The monoisotopic (exact) mass is 252 g/mol. The Bertz CT molecular complexity index is 435. The van der Waals surface area contributed by atoms with Gasteiger partial charge < -0.3 is 15.8 Å². The molecule has 1 aromatic rings. The van der Waals surface area contributed by atoms with Gasteiger partial charge in [-0.15, -0.1) is 0 Å². The van der Waals surface area contributed by atoms with Gasteiger partial charge in [-0.2, -0.15) is 0 Å². The van der Waals surface area contributed by atoms with E-state index in [0.717, 1.165) is 0 Å². The van der Waals surface area contributed by atoms with E-state index in [-0.39, 0.29) is 11.9 Å². The summed E-state index contributed by atoms with van der Waals surface area (Å²) < 4.78 is 18.3. The van der Waals surface area contributed by atoms with Gasteiger partial charge in [-0.3, -0.25) is 4.79 Å². The molecule has 1 saturated heterocycles. The molecule has 2 rings (SSSR count). The highest BCUT2D eigenvalue weighted by Gasteiger charge is 2.40. The zero-order valence-electron chi connectivity index (χ0n) is 10.3. The van der Waals surface area contributed by atoms with Crippen LogP contribution in [0, 0.1) is 5.82 Å². The molecule has 0 aromatic heterocycles. The molecule has 1 aromatic carbocycles. The third kappa shape index (κ3) is 2.61. The third-order valence-electron chi connectivity index (χ3n) is 3.27. The molecule has 0 saturated carbocycles. The van der Waals surface area contributed by atoms with E-state index in [1.165, 1.54) is 12.1 Å². The fourth-order valence-corrected chi connectivity index (χ4v) is 2.29.